The number of cyclic esters (lactones) is 1. The van der Waals surface area contributed by atoms with Crippen molar-refractivity contribution in [1.29, 1.82) is 0 Å². The molecule has 0 fully saturated rings. The number of imide groups is 1. The molecular formula is C57H76N10O19. The first-order valence-electron chi connectivity index (χ1n) is 28.3. The van der Waals surface area contributed by atoms with Crippen LogP contribution in [0.5, 0.6) is 0 Å². The summed E-state index contributed by atoms with van der Waals surface area (Å²) in [5, 5.41) is 24.6. The van der Waals surface area contributed by atoms with Crippen molar-refractivity contribution in [3.63, 3.8) is 0 Å². The Labute approximate surface area is 495 Å². The number of carbonyl (C=O) groups excluding carboxylic acids is 10. The Balaban J connectivity index is 0.793. The van der Waals surface area contributed by atoms with Crippen molar-refractivity contribution in [2.75, 3.05) is 113 Å². The fourth-order valence-corrected chi connectivity index (χ4v) is 9.30. The maximum atomic E-state index is 13.9. The molecule has 29 heteroatoms. The number of ether oxygens (including phenoxy) is 7. The molecule has 29 nitrogen and oxygen atoms in total. The van der Waals surface area contributed by atoms with E-state index in [-0.39, 0.29) is 95.5 Å². The molecule has 0 bridgehead atoms. The van der Waals surface area contributed by atoms with Gasteiger partial charge < -0.3 is 80.0 Å². The van der Waals surface area contributed by atoms with Gasteiger partial charge in [0.2, 0.25) is 41.4 Å². The topological polar surface area (TPSA) is 383 Å². The average Bonchev–Trinajstić information content (AvgIpc) is 1.52. The van der Waals surface area contributed by atoms with Crippen molar-refractivity contribution in [3.05, 3.63) is 75.1 Å². The second kappa shape index (κ2) is 33.0. The summed E-state index contributed by atoms with van der Waals surface area (Å²) in [4.78, 5) is 146. The lowest BCUT2D eigenvalue weighted by molar-refractivity contribution is -0.172. The SMILES string of the molecule is CC[C@@]1(O)C(=O)OCc2c1cc1n(c2=O)Cc2c-1nc1ccccc1c2CCN(C)C(=O)CNC(=O)[C@H](CC(N)=O)NC(=O)[C@H](C)NC(=O)[C@H](C)NC(=O)CCOCCOCCOCCOCCOCCOCCNC(=O)CCN1C(=O)C=CC1=O. The number of likely N-dealkylation sites (N-methyl/N-ethyl adjacent to an activating group) is 1. The third-order valence-corrected chi connectivity index (χ3v) is 14.2. The molecule has 0 saturated heterocycles. The third kappa shape index (κ3) is 18.7. The Hall–Kier alpha value is -8.06. The molecule has 2 aromatic heterocycles. The maximum Gasteiger partial charge on any atom is 0.343 e. The molecule has 8 N–H and O–H groups in total. The largest absolute Gasteiger partial charge is 0.458 e. The molecule has 0 radical (unpaired) electrons. The summed E-state index contributed by atoms with van der Waals surface area (Å²) in [5.41, 5.74) is 6.45. The van der Waals surface area contributed by atoms with Gasteiger partial charge in [0.05, 0.1) is 121 Å². The van der Waals surface area contributed by atoms with E-state index in [0.29, 0.717) is 76.2 Å². The number of hydrogen-bond donors (Lipinski definition) is 7. The minimum Gasteiger partial charge on any atom is -0.458 e. The van der Waals surface area contributed by atoms with E-state index in [2.05, 4.69) is 26.6 Å². The van der Waals surface area contributed by atoms with E-state index in [1.807, 2.05) is 24.3 Å². The Bertz CT molecular complexity index is 3040. The smallest absolute Gasteiger partial charge is 0.343 e. The number of carbonyl (C=O) groups is 10. The number of benzene rings is 1. The molecule has 468 valence electrons. The molecular weight excluding hydrogens is 1130 g/mol. The fraction of sp³-hybridized carbons (Fsp3) is 0.544. The number of hydrogen-bond acceptors (Lipinski definition) is 20. The average molecular weight is 1210 g/mol. The Morgan fingerprint density at radius 2 is 1.33 bits per heavy atom. The van der Waals surface area contributed by atoms with Crippen molar-refractivity contribution in [2.45, 2.75) is 89.8 Å². The van der Waals surface area contributed by atoms with Gasteiger partial charge in [0.1, 0.15) is 24.7 Å². The van der Waals surface area contributed by atoms with Gasteiger partial charge in [-0.3, -0.25) is 52.8 Å². The summed E-state index contributed by atoms with van der Waals surface area (Å²) in [5.74, 6) is -6.40. The van der Waals surface area contributed by atoms with Gasteiger partial charge in [-0.1, -0.05) is 25.1 Å². The van der Waals surface area contributed by atoms with E-state index in [1.165, 1.54) is 42.5 Å². The molecule has 0 aliphatic carbocycles. The highest BCUT2D eigenvalue weighted by Gasteiger charge is 2.45. The van der Waals surface area contributed by atoms with Crippen LogP contribution in [0.2, 0.25) is 0 Å². The Morgan fingerprint density at radius 1 is 0.744 bits per heavy atom. The first-order chi connectivity index (χ1) is 41.2. The molecule has 0 spiro atoms. The number of aliphatic hydroxyl groups is 1. The summed E-state index contributed by atoms with van der Waals surface area (Å²) < 4.78 is 39.4. The number of nitrogens with one attached hydrogen (secondary N) is 5. The van der Waals surface area contributed by atoms with Gasteiger partial charge in [-0.15, -0.1) is 0 Å². The summed E-state index contributed by atoms with van der Waals surface area (Å²) >= 11 is 0. The van der Waals surface area contributed by atoms with Crippen LogP contribution in [0.25, 0.3) is 22.3 Å². The molecule has 3 aliphatic heterocycles. The molecule has 3 aliphatic rings. The van der Waals surface area contributed by atoms with E-state index in [9.17, 15) is 57.8 Å². The van der Waals surface area contributed by atoms with Gasteiger partial charge in [-0.05, 0) is 44.4 Å². The zero-order valence-electron chi connectivity index (χ0n) is 48.7. The summed E-state index contributed by atoms with van der Waals surface area (Å²) in [7, 11) is 1.53. The Morgan fingerprint density at radius 3 is 1.94 bits per heavy atom. The molecule has 0 unspecified atom stereocenters. The zero-order valence-corrected chi connectivity index (χ0v) is 48.7. The molecule has 4 atom stereocenters. The molecule has 1 aromatic carbocycles. The number of aromatic nitrogens is 2. The molecule has 3 aromatic rings. The summed E-state index contributed by atoms with van der Waals surface area (Å²) in [6, 6.07) is 5.15. The van der Waals surface area contributed by atoms with Gasteiger partial charge in [0, 0.05) is 68.2 Å². The summed E-state index contributed by atoms with van der Waals surface area (Å²) in [6.07, 6.45) is 1.93. The van der Waals surface area contributed by atoms with E-state index in [0.717, 1.165) is 21.4 Å². The van der Waals surface area contributed by atoms with Crippen LogP contribution in [0.1, 0.15) is 68.7 Å². The second-order valence-electron chi connectivity index (χ2n) is 20.3. The predicted molar refractivity (Wildman–Crippen MR) is 303 cm³/mol. The van der Waals surface area contributed by atoms with E-state index < -0.39 is 95.5 Å². The number of amides is 9. The second-order valence-corrected chi connectivity index (χ2v) is 20.3. The van der Waals surface area contributed by atoms with Crippen LogP contribution >= 0.6 is 0 Å². The number of nitrogens with zero attached hydrogens (tertiary/aromatic N) is 4. The van der Waals surface area contributed by atoms with Crippen LogP contribution < -0.4 is 37.9 Å². The van der Waals surface area contributed by atoms with Gasteiger partial charge in [-0.2, -0.15) is 0 Å². The molecule has 9 amide bonds. The highest BCUT2D eigenvalue weighted by Crippen LogP contribution is 2.40. The number of esters is 1. The predicted octanol–water partition coefficient (Wildman–Crippen LogP) is -2.51. The van der Waals surface area contributed by atoms with Crippen LogP contribution in [0, 0.1) is 0 Å². The summed E-state index contributed by atoms with van der Waals surface area (Å²) in [6.45, 7) is 7.61. The van der Waals surface area contributed by atoms with Gasteiger partial charge in [-0.25, -0.2) is 9.78 Å². The third-order valence-electron chi connectivity index (χ3n) is 14.2. The van der Waals surface area contributed by atoms with Crippen LogP contribution in [-0.2, 0) is 106 Å². The van der Waals surface area contributed by atoms with E-state index in [4.69, 9.17) is 43.9 Å². The van der Waals surface area contributed by atoms with Gasteiger partial charge in [0.25, 0.3) is 17.4 Å². The van der Waals surface area contributed by atoms with Crippen LogP contribution in [0.15, 0.2) is 47.3 Å². The first-order valence-corrected chi connectivity index (χ1v) is 28.3. The lowest BCUT2D eigenvalue weighted by atomic mass is 9.86. The van der Waals surface area contributed by atoms with Crippen molar-refractivity contribution >= 4 is 70.0 Å². The number of pyridine rings is 2. The number of nitrogens with two attached hydrogens (primary N) is 1. The molecule has 0 saturated carbocycles. The lowest BCUT2D eigenvalue weighted by Crippen LogP contribution is -2.56. The molecule has 5 heterocycles. The standard InChI is InChI=1S/C57H76N10O19/c1-5-57(79)41-30-44-51-39(33-67(44)55(77)40(41)34-86-56(57)78)37(38-8-6-7-9-42(38)63-51)12-16-65(4)50(73)32-60-54(76)43(31-45(58)68)64-53(75)36(3)62-52(74)35(2)61-47(70)14-18-80-20-22-82-24-26-84-28-29-85-27-25-83-23-21-81-19-15-59-46(69)13-17-66-48(71)10-11-49(66)72/h6-11,30,35-36,43,79H,5,12-29,31-34H2,1-4H3,(H2,58,68)(H,59,69)(H,60,76)(H,61,70)(H,62,74)(H,64,75)/t35-,36-,43-,57-/m0/s1. The monoisotopic (exact) mass is 1200 g/mol. The van der Waals surface area contributed by atoms with Crippen molar-refractivity contribution < 1.29 is 86.2 Å². The zero-order chi connectivity index (χ0) is 62.3. The van der Waals surface area contributed by atoms with Crippen LogP contribution in [0.3, 0.4) is 0 Å². The normalized spacial score (nSPS) is 15.9. The highest BCUT2D eigenvalue weighted by atomic mass is 16.6. The molecule has 6 rings (SSSR count). The fourth-order valence-electron chi connectivity index (χ4n) is 9.30. The van der Waals surface area contributed by atoms with Crippen LogP contribution in [-0.4, -0.2) is 214 Å². The number of primary amides is 1. The quantitative estimate of drug-likeness (QED) is 0.0138. The highest BCUT2D eigenvalue weighted by molar-refractivity contribution is 6.13. The van der Waals surface area contributed by atoms with Crippen molar-refractivity contribution in [2.24, 2.45) is 5.73 Å². The first kappa shape index (κ1) is 67.1. The van der Waals surface area contributed by atoms with Crippen molar-refractivity contribution in [1.82, 2.24) is 45.9 Å². The minimum absolute atomic E-state index is 0.0104. The minimum atomic E-state index is -2.00. The van der Waals surface area contributed by atoms with Crippen LogP contribution in [0.4, 0.5) is 0 Å². The van der Waals surface area contributed by atoms with Gasteiger partial charge in [0.15, 0.2) is 5.60 Å². The van der Waals surface area contributed by atoms with E-state index >= 15 is 0 Å². The van der Waals surface area contributed by atoms with E-state index in [1.54, 1.807) is 13.0 Å². The lowest BCUT2D eigenvalue weighted by Gasteiger charge is -2.31. The number of rotatable bonds is 38. The molecule has 86 heavy (non-hydrogen) atoms. The maximum absolute atomic E-state index is 13.9. The number of fused-ring (bicyclic) bond motifs is 5. The van der Waals surface area contributed by atoms with Crippen molar-refractivity contribution in [3.8, 4) is 11.4 Å². The number of para-hydroxylation sites is 1. The Kier molecular flexibility index (Phi) is 25.7. The van der Waals surface area contributed by atoms with Gasteiger partial charge >= 0.3 is 5.97 Å².